The van der Waals surface area contributed by atoms with Crippen molar-refractivity contribution in [2.75, 3.05) is 13.7 Å². The van der Waals surface area contributed by atoms with Crippen LogP contribution in [0.25, 0.3) is 11.8 Å². The van der Waals surface area contributed by atoms with Crippen LogP contribution in [0.15, 0.2) is 41.5 Å². The molecule has 1 saturated heterocycles. The Morgan fingerprint density at radius 2 is 2.07 bits per heavy atom. The SMILES string of the molecule is C.COc1cc(/C=C2\CCCN3C2=NOC2CCCCC23)ccc1-n1cnc(C)c1. The molecule has 0 amide bonds. The van der Waals surface area contributed by atoms with E-state index in [9.17, 15) is 0 Å². The van der Waals surface area contributed by atoms with Crippen molar-refractivity contribution in [3.05, 3.63) is 47.6 Å². The summed E-state index contributed by atoms with van der Waals surface area (Å²) in [6, 6.07) is 6.79. The van der Waals surface area contributed by atoms with Crippen LogP contribution in [-0.4, -0.2) is 46.1 Å². The summed E-state index contributed by atoms with van der Waals surface area (Å²) >= 11 is 0. The Hall–Kier alpha value is -2.76. The van der Waals surface area contributed by atoms with Crippen molar-refractivity contribution in [2.24, 2.45) is 5.16 Å². The molecule has 30 heavy (non-hydrogen) atoms. The lowest BCUT2D eigenvalue weighted by Crippen LogP contribution is -2.54. The summed E-state index contributed by atoms with van der Waals surface area (Å²) in [5.74, 6) is 1.87. The first kappa shape index (κ1) is 20.5. The molecule has 6 nitrogen and oxygen atoms in total. The molecule has 0 radical (unpaired) electrons. The summed E-state index contributed by atoms with van der Waals surface area (Å²) in [6.45, 7) is 3.07. The third-order valence-electron chi connectivity index (χ3n) is 6.28. The number of hydrogen-bond acceptors (Lipinski definition) is 5. The van der Waals surface area contributed by atoms with Gasteiger partial charge in [-0.3, -0.25) is 0 Å². The first-order valence-corrected chi connectivity index (χ1v) is 10.6. The Morgan fingerprint density at radius 1 is 1.20 bits per heavy atom. The van der Waals surface area contributed by atoms with Gasteiger partial charge in [0, 0.05) is 12.7 Å². The number of oxime groups is 1. The van der Waals surface area contributed by atoms with Crippen LogP contribution in [-0.2, 0) is 4.84 Å². The van der Waals surface area contributed by atoms with E-state index in [0.29, 0.717) is 6.04 Å². The minimum absolute atomic E-state index is 0. The predicted octanol–water partition coefficient (Wildman–Crippen LogP) is 4.96. The third-order valence-corrected chi connectivity index (χ3v) is 6.28. The first-order valence-electron chi connectivity index (χ1n) is 10.6. The minimum Gasteiger partial charge on any atom is -0.495 e. The molecule has 1 aromatic carbocycles. The van der Waals surface area contributed by atoms with Crippen molar-refractivity contribution in [2.45, 2.75) is 65.0 Å². The predicted molar refractivity (Wildman–Crippen MR) is 120 cm³/mol. The van der Waals surface area contributed by atoms with E-state index >= 15 is 0 Å². The molecule has 0 bridgehead atoms. The normalized spacial score (nSPS) is 24.3. The molecule has 0 N–H and O–H groups in total. The van der Waals surface area contributed by atoms with Gasteiger partial charge in [-0.15, -0.1) is 0 Å². The largest absolute Gasteiger partial charge is 0.495 e. The molecule has 2 atom stereocenters. The van der Waals surface area contributed by atoms with E-state index in [1.807, 2.05) is 24.0 Å². The number of piperidine rings is 1. The Bertz CT molecular complexity index is 962. The van der Waals surface area contributed by atoms with E-state index in [1.54, 1.807) is 7.11 Å². The fourth-order valence-electron chi connectivity index (χ4n) is 4.84. The van der Waals surface area contributed by atoms with Gasteiger partial charge in [-0.25, -0.2) is 4.98 Å². The molecular weight excluding hydrogens is 376 g/mol. The molecule has 1 saturated carbocycles. The van der Waals surface area contributed by atoms with Gasteiger partial charge in [0.1, 0.15) is 11.9 Å². The van der Waals surface area contributed by atoms with E-state index in [-0.39, 0.29) is 13.5 Å². The Morgan fingerprint density at radius 3 is 2.87 bits per heavy atom. The lowest BCUT2D eigenvalue weighted by atomic mass is 9.88. The van der Waals surface area contributed by atoms with E-state index in [2.05, 4.69) is 39.3 Å². The van der Waals surface area contributed by atoms with Gasteiger partial charge in [0.25, 0.3) is 0 Å². The summed E-state index contributed by atoms with van der Waals surface area (Å²) in [5.41, 5.74) is 4.35. The molecule has 5 rings (SSSR count). The maximum Gasteiger partial charge on any atom is 0.171 e. The van der Waals surface area contributed by atoms with E-state index < -0.39 is 0 Å². The number of amidine groups is 1. The summed E-state index contributed by atoms with van der Waals surface area (Å²) < 4.78 is 7.67. The van der Waals surface area contributed by atoms with Crippen LogP contribution in [0.3, 0.4) is 0 Å². The molecule has 1 aromatic heterocycles. The van der Waals surface area contributed by atoms with Crippen molar-refractivity contribution in [1.82, 2.24) is 14.5 Å². The molecule has 3 heterocycles. The van der Waals surface area contributed by atoms with Crippen LogP contribution in [0, 0.1) is 6.92 Å². The average Bonchev–Trinajstić information content (AvgIpc) is 3.19. The molecule has 1 aliphatic carbocycles. The number of nitrogens with zero attached hydrogens (tertiary/aromatic N) is 4. The van der Waals surface area contributed by atoms with Crippen LogP contribution >= 0.6 is 0 Å². The van der Waals surface area contributed by atoms with Crippen molar-refractivity contribution < 1.29 is 9.57 Å². The van der Waals surface area contributed by atoms with Crippen molar-refractivity contribution in [3.63, 3.8) is 0 Å². The second-order valence-corrected chi connectivity index (χ2v) is 8.23. The van der Waals surface area contributed by atoms with Gasteiger partial charge in [-0.05, 0) is 68.4 Å². The van der Waals surface area contributed by atoms with Gasteiger partial charge in [-0.2, -0.15) is 0 Å². The number of methoxy groups -OCH3 is 1. The molecular formula is C24H32N4O2. The van der Waals surface area contributed by atoms with E-state index in [1.165, 1.54) is 24.8 Å². The Labute approximate surface area is 179 Å². The highest BCUT2D eigenvalue weighted by atomic mass is 16.6. The first-order chi connectivity index (χ1) is 14.2. The van der Waals surface area contributed by atoms with Gasteiger partial charge >= 0.3 is 0 Å². The second kappa shape index (κ2) is 8.54. The lowest BCUT2D eigenvalue weighted by Gasteiger charge is -2.45. The number of aryl methyl sites for hydroxylation is 1. The van der Waals surface area contributed by atoms with Crippen LogP contribution in [0.4, 0.5) is 0 Å². The minimum atomic E-state index is 0. The summed E-state index contributed by atoms with van der Waals surface area (Å²) in [5, 5.41) is 4.55. The highest BCUT2D eigenvalue weighted by Gasteiger charge is 2.39. The molecule has 3 aliphatic rings. The Kier molecular flexibility index (Phi) is 5.84. The van der Waals surface area contributed by atoms with Crippen LogP contribution in [0.1, 0.15) is 57.2 Å². The summed E-state index contributed by atoms with van der Waals surface area (Å²) in [4.78, 5) is 12.7. The van der Waals surface area contributed by atoms with Gasteiger partial charge in [-0.1, -0.05) is 25.1 Å². The molecule has 2 unspecified atom stereocenters. The van der Waals surface area contributed by atoms with Crippen molar-refractivity contribution in [3.8, 4) is 11.4 Å². The molecule has 2 aromatic rings. The molecule has 160 valence electrons. The maximum absolute atomic E-state index is 5.91. The highest BCUT2D eigenvalue weighted by molar-refractivity contribution is 6.03. The van der Waals surface area contributed by atoms with Gasteiger partial charge in [0.2, 0.25) is 0 Å². The smallest absolute Gasteiger partial charge is 0.171 e. The zero-order chi connectivity index (χ0) is 19.8. The number of aromatic nitrogens is 2. The number of hydrogen-bond donors (Lipinski definition) is 0. The van der Waals surface area contributed by atoms with Gasteiger partial charge in [0.05, 0.1) is 30.9 Å². The van der Waals surface area contributed by atoms with Crippen LogP contribution in [0.5, 0.6) is 5.75 Å². The topological polar surface area (TPSA) is 51.9 Å². The number of rotatable bonds is 3. The van der Waals surface area contributed by atoms with Crippen LogP contribution < -0.4 is 4.74 Å². The van der Waals surface area contributed by atoms with Crippen molar-refractivity contribution >= 4 is 11.9 Å². The number of fused-ring (bicyclic) bond motifs is 3. The third kappa shape index (κ3) is 3.71. The fraction of sp³-hybridized carbons (Fsp3) is 0.500. The fourth-order valence-corrected chi connectivity index (χ4v) is 4.84. The number of benzene rings is 1. The summed E-state index contributed by atoms with van der Waals surface area (Å²) in [7, 11) is 1.71. The standard InChI is InChI=1S/C23H28N4O2.CH4/c1-16-14-26(15-24-16)19-10-9-17(13-22(19)28-2)12-18-6-5-11-27-20-7-3-4-8-21(20)29-25-23(18)27;/h9-10,12-15,20-21H,3-8,11H2,1-2H3;1H4/b18-12+;. The van der Waals surface area contributed by atoms with Gasteiger partial charge in [0.15, 0.2) is 5.84 Å². The molecule has 0 spiro atoms. The second-order valence-electron chi connectivity index (χ2n) is 8.23. The summed E-state index contributed by atoms with van der Waals surface area (Å²) in [6.07, 6.45) is 13.4. The van der Waals surface area contributed by atoms with E-state index in [0.717, 1.165) is 54.3 Å². The quantitative estimate of drug-likeness (QED) is 0.720. The number of ether oxygens (including phenoxy) is 1. The van der Waals surface area contributed by atoms with Gasteiger partial charge < -0.3 is 19.0 Å². The monoisotopic (exact) mass is 408 g/mol. The van der Waals surface area contributed by atoms with E-state index in [4.69, 9.17) is 9.57 Å². The van der Waals surface area contributed by atoms with Crippen molar-refractivity contribution in [1.29, 1.82) is 0 Å². The maximum atomic E-state index is 5.91. The molecule has 2 aliphatic heterocycles. The molecule has 6 heteroatoms. The zero-order valence-corrected chi connectivity index (χ0v) is 17.2. The van der Waals surface area contributed by atoms with Crippen LogP contribution in [0.2, 0.25) is 0 Å². The average molecular weight is 409 g/mol. The lowest BCUT2D eigenvalue weighted by molar-refractivity contribution is -0.0401. The molecule has 2 fully saturated rings. The Balaban J connectivity index is 0.00000218. The zero-order valence-electron chi connectivity index (χ0n) is 17.2. The number of imidazole rings is 1. The highest BCUT2D eigenvalue weighted by Crippen LogP contribution is 2.35.